The molecule has 0 radical (unpaired) electrons. The lowest BCUT2D eigenvalue weighted by Crippen LogP contribution is -2.25. The molecule has 0 aliphatic carbocycles. The summed E-state index contributed by atoms with van der Waals surface area (Å²) in [7, 11) is 0. The lowest BCUT2D eigenvalue weighted by Gasteiger charge is -2.19. The van der Waals surface area contributed by atoms with E-state index >= 15 is 0 Å². The minimum absolute atomic E-state index is 0.570. The van der Waals surface area contributed by atoms with Crippen LogP contribution in [0.25, 0.3) is 0 Å². The van der Waals surface area contributed by atoms with Crippen LogP contribution in [0.1, 0.15) is 0 Å². The van der Waals surface area contributed by atoms with Gasteiger partial charge >= 0.3 is 0 Å². The second kappa shape index (κ2) is 5.07. The highest BCUT2D eigenvalue weighted by atomic mass is 79.9. The van der Waals surface area contributed by atoms with E-state index in [1.165, 1.54) is 5.01 Å². The van der Waals surface area contributed by atoms with E-state index in [1.807, 2.05) is 30.3 Å². The Kier molecular flexibility index (Phi) is 3.51. The van der Waals surface area contributed by atoms with Gasteiger partial charge in [0, 0.05) is 10.7 Å². The molecule has 0 unspecified atom stereocenters. The largest absolute Gasteiger partial charge is 0.261 e. The summed E-state index contributed by atoms with van der Waals surface area (Å²) in [6.45, 7) is 3.50. The van der Waals surface area contributed by atoms with Crippen molar-refractivity contribution in [3.8, 4) is 0 Å². The first-order chi connectivity index (χ1) is 8.22. The van der Waals surface area contributed by atoms with Crippen LogP contribution in [0, 0.1) is 0 Å². The monoisotopic (exact) mass is 290 g/mol. The third-order valence-electron chi connectivity index (χ3n) is 2.25. The number of anilines is 2. The van der Waals surface area contributed by atoms with Crippen molar-refractivity contribution in [2.45, 2.75) is 0 Å². The van der Waals surface area contributed by atoms with Gasteiger partial charge in [0.1, 0.15) is 5.69 Å². The number of hydrogen-bond acceptors (Lipinski definition) is 4. The predicted molar refractivity (Wildman–Crippen MR) is 73.9 cm³/mol. The minimum Gasteiger partial charge on any atom is -0.261 e. The van der Waals surface area contributed by atoms with Crippen molar-refractivity contribution in [2.24, 2.45) is 10.8 Å². The quantitative estimate of drug-likeness (QED) is 0.537. The van der Waals surface area contributed by atoms with Gasteiger partial charge in [-0.2, -0.15) is 0 Å². The smallest absolute Gasteiger partial charge is 0.173 e. The topological polar surface area (TPSA) is 54.5 Å². The zero-order chi connectivity index (χ0) is 12.3. The molecular weight excluding hydrogens is 280 g/mol. The molecule has 4 nitrogen and oxygen atoms in total. The summed E-state index contributed by atoms with van der Waals surface area (Å²) in [5.74, 6) is 6.59. The van der Waals surface area contributed by atoms with E-state index in [1.54, 1.807) is 12.3 Å². The summed E-state index contributed by atoms with van der Waals surface area (Å²) >= 11 is 3.40. The second-order valence-electron chi connectivity index (χ2n) is 3.35. The van der Waals surface area contributed by atoms with Crippen LogP contribution in [0.2, 0.25) is 0 Å². The van der Waals surface area contributed by atoms with Gasteiger partial charge in [-0.05, 0) is 37.0 Å². The Bertz CT molecular complexity index is 542. The van der Waals surface area contributed by atoms with Crippen LogP contribution < -0.4 is 10.9 Å². The number of aliphatic imine (C=N–C) groups is 1. The molecule has 17 heavy (non-hydrogen) atoms. The Morgan fingerprint density at radius 3 is 2.82 bits per heavy atom. The summed E-state index contributed by atoms with van der Waals surface area (Å²) in [4.78, 5) is 8.10. The number of hydrogen-bond donors (Lipinski definition) is 1. The van der Waals surface area contributed by atoms with Crippen molar-refractivity contribution in [1.82, 2.24) is 4.98 Å². The maximum Gasteiger partial charge on any atom is 0.173 e. The van der Waals surface area contributed by atoms with Gasteiger partial charge in [0.2, 0.25) is 0 Å². The van der Waals surface area contributed by atoms with Crippen molar-refractivity contribution in [3.05, 3.63) is 47.1 Å². The average molecular weight is 291 g/mol. The van der Waals surface area contributed by atoms with Crippen molar-refractivity contribution < 1.29 is 0 Å². The molecule has 2 N–H and O–H groups in total. The third kappa shape index (κ3) is 2.51. The maximum atomic E-state index is 6.02. The Morgan fingerprint density at radius 1 is 1.29 bits per heavy atom. The Morgan fingerprint density at radius 2 is 2.12 bits per heavy atom. The fourth-order valence-electron chi connectivity index (χ4n) is 1.45. The highest BCUT2D eigenvalue weighted by molar-refractivity contribution is 9.10. The average Bonchev–Trinajstić information content (AvgIpc) is 2.38. The Labute approximate surface area is 108 Å². The number of rotatable bonds is 3. The van der Waals surface area contributed by atoms with Gasteiger partial charge in [0.25, 0.3) is 0 Å². The van der Waals surface area contributed by atoms with E-state index in [2.05, 4.69) is 32.6 Å². The van der Waals surface area contributed by atoms with E-state index < -0.39 is 0 Å². The predicted octanol–water partition coefficient (Wildman–Crippen LogP) is 3.19. The number of pyridine rings is 1. The molecule has 0 bridgehead atoms. The minimum atomic E-state index is 0.570. The molecule has 0 spiro atoms. The number of nitrogens with two attached hydrogens (primary N) is 1. The second-order valence-corrected chi connectivity index (χ2v) is 4.27. The zero-order valence-electron chi connectivity index (χ0n) is 9.05. The highest BCUT2D eigenvalue weighted by Gasteiger charge is 2.10. The molecule has 0 aliphatic rings. The molecule has 0 fully saturated rings. The van der Waals surface area contributed by atoms with Gasteiger partial charge in [0.15, 0.2) is 5.82 Å². The summed E-state index contributed by atoms with van der Waals surface area (Å²) < 4.78 is 0.953. The molecule has 0 amide bonds. The summed E-state index contributed by atoms with van der Waals surface area (Å²) in [5, 5.41) is 1.48. The van der Waals surface area contributed by atoms with Crippen molar-refractivity contribution in [3.63, 3.8) is 0 Å². The van der Waals surface area contributed by atoms with Crippen LogP contribution in [0.3, 0.4) is 0 Å². The maximum absolute atomic E-state index is 6.02. The van der Waals surface area contributed by atoms with Crippen LogP contribution in [-0.4, -0.2) is 11.7 Å². The molecule has 1 heterocycles. The van der Waals surface area contributed by atoms with Gasteiger partial charge in [-0.25, -0.2) is 10.8 Å². The van der Waals surface area contributed by atoms with Crippen LogP contribution in [-0.2, 0) is 0 Å². The third-order valence-corrected chi connectivity index (χ3v) is 2.74. The van der Waals surface area contributed by atoms with Crippen molar-refractivity contribution >= 4 is 39.8 Å². The molecule has 0 atom stereocenters. The van der Waals surface area contributed by atoms with Gasteiger partial charge in [-0.3, -0.25) is 10.0 Å². The number of halogens is 1. The zero-order valence-corrected chi connectivity index (χ0v) is 10.6. The molecular formula is C12H11BrN4. The summed E-state index contributed by atoms with van der Waals surface area (Å²) in [5.41, 5.74) is 1.47. The van der Waals surface area contributed by atoms with Gasteiger partial charge < -0.3 is 0 Å². The number of nitrogens with zero attached hydrogens (tertiary/aromatic N) is 3. The fourth-order valence-corrected chi connectivity index (χ4v) is 1.83. The molecule has 2 rings (SSSR count). The van der Waals surface area contributed by atoms with E-state index in [0.717, 1.165) is 10.2 Å². The number of benzene rings is 1. The normalized spacial score (nSPS) is 10.0. The first-order valence-corrected chi connectivity index (χ1v) is 5.74. The highest BCUT2D eigenvalue weighted by Crippen LogP contribution is 2.29. The molecule has 1 aromatic heterocycles. The first-order valence-electron chi connectivity index (χ1n) is 4.94. The van der Waals surface area contributed by atoms with Crippen LogP contribution in [0.15, 0.2) is 52.1 Å². The SMILES string of the molecule is C=Nc1cccnc1N(N)c1cccc(Br)c1. The molecule has 1 aromatic carbocycles. The first kappa shape index (κ1) is 11.8. The Balaban J connectivity index is 2.43. The van der Waals surface area contributed by atoms with Gasteiger partial charge in [-0.15, -0.1) is 0 Å². The summed E-state index contributed by atoms with van der Waals surface area (Å²) in [6.07, 6.45) is 1.67. The van der Waals surface area contributed by atoms with E-state index in [9.17, 15) is 0 Å². The molecule has 2 aromatic rings. The Hall–Kier alpha value is -1.72. The number of hydrazine groups is 1. The standard InChI is InChI=1S/C12H11BrN4/c1-15-11-6-3-7-16-12(11)17(14)10-5-2-4-9(13)8-10/h2-8H,1,14H2. The van der Waals surface area contributed by atoms with Crippen LogP contribution in [0.5, 0.6) is 0 Å². The molecule has 0 aliphatic heterocycles. The van der Waals surface area contributed by atoms with Crippen molar-refractivity contribution in [1.29, 1.82) is 0 Å². The molecule has 0 saturated carbocycles. The van der Waals surface area contributed by atoms with E-state index in [-0.39, 0.29) is 0 Å². The van der Waals surface area contributed by atoms with Gasteiger partial charge in [-0.1, -0.05) is 22.0 Å². The number of aromatic nitrogens is 1. The van der Waals surface area contributed by atoms with Gasteiger partial charge in [0.05, 0.1) is 5.69 Å². The lowest BCUT2D eigenvalue weighted by molar-refractivity contribution is 1.03. The summed E-state index contributed by atoms with van der Waals surface area (Å²) in [6, 6.07) is 11.2. The lowest BCUT2D eigenvalue weighted by atomic mass is 10.3. The molecule has 5 heteroatoms. The molecule has 86 valence electrons. The fraction of sp³-hybridized carbons (Fsp3) is 0. The van der Waals surface area contributed by atoms with Crippen molar-refractivity contribution in [2.75, 3.05) is 5.01 Å². The van der Waals surface area contributed by atoms with Crippen LogP contribution in [0.4, 0.5) is 17.2 Å². The molecule has 0 saturated heterocycles. The van der Waals surface area contributed by atoms with E-state index in [4.69, 9.17) is 5.84 Å². The van der Waals surface area contributed by atoms with E-state index in [0.29, 0.717) is 11.5 Å². The van der Waals surface area contributed by atoms with Crippen LogP contribution >= 0.6 is 15.9 Å².